The first-order valence-electron chi connectivity index (χ1n) is 13.2. The second-order valence-corrected chi connectivity index (χ2v) is 9.94. The van der Waals surface area contributed by atoms with Gasteiger partial charge in [-0.25, -0.2) is 0 Å². The molecule has 2 amide bonds. The van der Waals surface area contributed by atoms with Crippen LogP contribution in [0.5, 0.6) is 0 Å². The molecular weight excluding hydrogens is 482 g/mol. The third-order valence-corrected chi connectivity index (χ3v) is 7.04. The SMILES string of the molecule is Cc1cc2cc(NC(=CC(=O)c3cccnc3)N[C@H]3CCCCN(CC(=O)N4CCCC4)C3=O)ccc2o1. The summed E-state index contributed by atoms with van der Waals surface area (Å²) in [4.78, 5) is 46.9. The number of likely N-dealkylation sites (tertiary alicyclic amines) is 2. The number of anilines is 1. The molecule has 2 fully saturated rings. The summed E-state index contributed by atoms with van der Waals surface area (Å²) in [6.07, 6.45) is 8.88. The molecule has 2 aliphatic heterocycles. The van der Waals surface area contributed by atoms with Gasteiger partial charge in [0.2, 0.25) is 11.8 Å². The number of aromatic nitrogens is 1. The van der Waals surface area contributed by atoms with E-state index < -0.39 is 6.04 Å². The number of fused-ring (bicyclic) bond motifs is 1. The summed E-state index contributed by atoms with van der Waals surface area (Å²) in [5.74, 6) is 0.851. The number of hydrogen-bond donors (Lipinski definition) is 2. The number of ketones is 1. The molecule has 4 heterocycles. The van der Waals surface area contributed by atoms with E-state index in [2.05, 4.69) is 15.6 Å². The first-order valence-corrected chi connectivity index (χ1v) is 13.2. The lowest BCUT2D eigenvalue weighted by molar-refractivity contribution is -0.140. The van der Waals surface area contributed by atoms with Gasteiger partial charge in [-0.3, -0.25) is 19.4 Å². The Bertz CT molecular complexity index is 1340. The molecule has 3 aromatic rings. The van der Waals surface area contributed by atoms with Crippen LogP contribution >= 0.6 is 0 Å². The number of nitrogens with zero attached hydrogens (tertiary/aromatic N) is 3. The van der Waals surface area contributed by atoms with Crippen LogP contribution in [0.2, 0.25) is 0 Å². The molecule has 0 radical (unpaired) electrons. The fourth-order valence-corrected chi connectivity index (χ4v) is 5.06. The van der Waals surface area contributed by atoms with E-state index in [1.807, 2.05) is 36.1 Å². The van der Waals surface area contributed by atoms with Crippen molar-refractivity contribution in [2.75, 3.05) is 31.5 Å². The molecule has 5 rings (SSSR count). The highest BCUT2D eigenvalue weighted by atomic mass is 16.3. The van der Waals surface area contributed by atoms with Gasteiger partial charge in [0.05, 0.1) is 6.54 Å². The molecule has 9 heteroatoms. The molecule has 2 N–H and O–H groups in total. The summed E-state index contributed by atoms with van der Waals surface area (Å²) in [6, 6.07) is 10.5. The maximum absolute atomic E-state index is 13.5. The van der Waals surface area contributed by atoms with Crippen LogP contribution in [0.4, 0.5) is 5.69 Å². The van der Waals surface area contributed by atoms with Crippen LogP contribution < -0.4 is 10.6 Å². The van der Waals surface area contributed by atoms with E-state index in [-0.39, 0.29) is 24.1 Å². The molecule has 0 aliphatic carbocycles. The van der Waals surface area contributed by atoms with Gasteiger partial charge in [-0.1, -0.05) is 0 Å². The number of carbonyl (C=O) groups is 3. The Morgan fingerprint density at radius 3 is 2.71 bits per heavy atom. The summed E-state index contributed by atoms with van der Waals surface area (Å²) >= 11 is 0. The van der Waals surface area contributed by atoms with E-state index in [9.17, 15) is 14.4 Å². The van der Waals surface area contributed by atoms with Crippen molar-refractivity contribution in [1.82, 2.24) is 20.1 Å². The third kappa shape index (κ3) is 6.04. The lowest BCUT2D eigenvalue weighted by Crippen LogP contribution is -2.49. The monoisotopic (exact) mass is 515 g/mol. The molecule has 198 valence electrons. The number of furan rings is 1. The molecule has 0 saturated carbocycles. The van der Waals surface area contributed by atoms with Gasteiger partial charge in [0.25, 0.3) is 0 Å². The number of carbonyl (C=O) groups excluding carboxylic acids is 3. The van der Waals surface area contributed by atoms with E-state index in [4.69, 9.17) is 4.42 Å². The number of aryl methyl sites for hydroxylation is 1. The molecule has 0 spiro atoms. The zero-order chi connectivity index (χ0) is 26.5. The maximum atomic E-state index is 13.5. The first kappa shape index (κ1) is 25.5. The Morgan fingerprint density at radius 2 is 1.92 bits per heavy atom. The first-order chi connectivity index (χ1) is 18.5. The zero-order valence-electron chi connectivity index (χ0n) is 21.6. The summed E-state index contributed by atoms with van der Waals surface area (Å²) in [7, 11) is 0. The van der Waals surface area contributed by atoms with Gasteiger partial charge in [-0.2, -0.15) is 0 Å². The number of rotatable bonds is 8. The van der Waals surface area contributed by atoms with E-state index in [0.717, 1.165) is 61.2 Å². The lowest BCUT2D eigenvalue weighted by atomic mass is 10.1. The second kappa shape index (κ2) is 11.5. The smallest absolute Gasteiger partial charge is 0.245 e. The molecule has 1 aromatic carbocycles. The zero-order valence-corrected chi connectivity index (χ0v) is 21.6. The van der Waals surface area contributed by atoms with Crippen molar-refractivity contribution in [3.63, 3.8) is 0 Å². The number of hydrogen-bond acceptors (Lipinski definition) is 7. The summed E-state index contributed by atoms with van der Waals surface area (Å²) < 4.78 is 5.68. The number of amides is 2. The molecule has 0 bridgehead atoms. The van der Waals surface area contributed by atoms with Gasteiger partial charge < -0.3 is 24.9 Å². The van der Waals surface area contributed by atoms with Crippen molar-refractivity contribution in [3.8, 4) is 0 Å². The fraction of sp³-hybridized carbons (Fsp3) is 0.379. The van der Waals surface area contributed by atoms with Crippen molar-refractivity contribution in [2.45, 2.75) is 45.1 Å². The van der Waals surface area contributed by atoms with Crippen molar-refractivity contribution in [1.29, 1.82) is 0 Å². The fourth-order valence-electron chi connectivity index (χ4n) is 5.06. The Hall–Kier alpha value is -4.14. The number of nitrogens with one attached hydrogen (secondary N) is 2. The minimum absolute atomic E-state index is 0.000791. The third-order valence-electron chi connectivity index (χ3n) is 7.04. The lowest BCUT2D eigenvalue weighted by Gasteiger charge is -2.27. The Labute approximate surface area is 221 Å². The van der Waals surface area contributed by atoms with Crippen molar-refractivity contribution >= 4 is 34.3 Å². The van der Waals surface area contributed by atoms with Crippen LogP contribution in [-0.2, 0) is 9.59 Å². The summed E-state index contributed by atoms with van der Waals surface area (Å²) in [5.41, 5.74) is 1.97. The predicted molar refractivity (Wildman–Crippen MR) is 144 cm³/mol. The average Bonchev–Trinajstić information content (AvgIpc) is 3.55. The van der Waals surface area contributed by atoms with Gasteiger partial charge in [0.1, 0.15) is 23.2 Å². The van der Waals surface area contributed by atoms with E-state index in [1.165, 1.54) is 12.3 Å². The Kier molecular flexibility index (Phi) is 7.72. The van der Waals surface area contributed by atoms with E-state index >= 15 is 0 Å². The van der Waals surface area contributed by atoms with Crippen LogP contribution in [-0.4, -0.2) is 64.6 Å². The quantitative estimate of drug-likeness (QED) is 0.346. The van der Waals surface area contributed by atoms with Gasteiger partial charge in [0, 0.05) is 54.7 Å². The summed E-state index contributed by atoms with van der Waals surface area (Å²) in [6.45, 7) is 4.06. The van der Waals surface area contributed by atoms with Crippen LogP contribution in [0.3, 0.4) is 0 Å². The van der Waals surface area contributed by atoms with Gasteiger partial charge in [-0.15, -0.1) is 0 Å². The van der Waals surface area contributed by atoms with Crippen molar-refractivity contribution in [3.05, 3.63) is 72.0 Å². The van der Waals surface area contributed by atoms with Crippen LogP contribution in [0, 0.1) is 6.92 Å². The van der Waals surface area contributed by atoms with Crippen molar-refractivity contribution < 1.29 is 18.8 Å². The van der Waals surface area contributed by atoms with Crippen LogP contribution in [0.25, 0.3) is 11.0 Å². The normalized spacial score (nSPS) is 18.5. The van der Waals surface area contributed by atoms with Crippen LogP contribution in [0.15, 0.2) is 65.1 Å². The molecule has 1 atom stereocenters. The molecule has 2 aliphatic rings. The Morgan fingerprint density at radius 1 is 1.11 bits per heavy atom. The standard InChI is InChI=1S/C29H33N5O4/c1-20-15-22-16-23(9-10-26(22)38-20)31-27(17-25(35)21-7-6-11-30-18-21)32-24-8-2-3-14-34(29(24)37)19-28(36)33-12-4-5-13-33/h6-7,9-11,15-18,24,31-32H,2-5,8,12-14,19H2,1H3/t24-/m0/s1. The Balaban J connectivity index is 1.37. The van der Waals surface area contributed by atoms with Crippen LogP contribution in [0.1, 0.15) is 48.2 Å². The average molecular weight is 516 g/mol. The largest absolute Gasteiger partial charge is 0.461 e. The van der Waals surface area contributed by atoms with E-state index in [0.29, 0.717) is 24.4 Å². The van der Waals surface area contributed by atoms with Gasteiger partial charge in [0.15, 0.2) is 5.78 Å². The van der Waals surface area contributed by atoms with Gasteiger partial charge >= 0.3 is 0 Å². The second-order valence-electron chi connectivity index (χ2n) is 9.94. The molecule has 2 aromatic heterocycles. The van der Waals surface area contributed by atoms with Gasteiger partial charge in [-0.05, 0) is 75.4 Å². The minimum atomic E-state index is -0.566. The molecular formula is C29H33N5O4. The highest BCUT2D eigenvalue weighted by Crippen LogP contribution is 2.24. The molecule has 2 saturated heterocycles. The number of allylic oxidation sites excluding steroid dienone is 1. The number of pyridine rings is 1. The van der Waals surface area contributed by atoms with E-state index in [1.54, 1.807) is 23.2 Å². The molecule has 0 unspecified atom stereocenters. The molecule has 38 heavy (non-hydrogen) atoms. The highest BCUT2D eigenvalue weighted by Gasteiger charge is 2.30. The maximum Gasteiger partial charge on any atom is 0.245 e. The topological polar surface area (TPSA) is 108 Å². The molecule has 9 nitrogen and oxygen atoms in total. The minimum Gasteiger partial charge on any atom is -0.461 e. The number of benzene rings is 1. The van der Waals surface area contributed by atoms with Crippen molar-refractivity contribution in [2.24, 2.45) is 0 Å². The summed E-state index contributed by atoms with van der Waals surface area (Å²) in [5, 5.41) is 7.51. The predicted octanol–water partition coefficient (Wildman–Crippen LogP) is 3.87. The highest BCUT2D eigenvalue weighted by molar-refractivity contribution is 6.05.